The van der Waals surface area contributed by atoms with Gasteiger partial charge in [0.15, 0.2) is 0 Å². The van der Waals surface area contributed by atoms with Crippen LogP contribution >= 0.6 is 11.3 Å². The van der Waals surface area contributed by atoms with Gasteiger partial charge in [-0.25, -0.2) is 0 Å². The smallest absolute Gasteiger partial charge is 0.0709 e. The molecule has 7 aromatic carbocycles. The lowest BCUT2D eigenvalue weighted by Crippen LogP contribution is -2.00. The molecule has 2 nitrogen and oxygen atoms in total. The van der Waals surface area contributed by atoms with E-state index in [1.807, 2.05) is 11.3 Å². The van der Waals surface area contributed by atoms with E-state index in [4.69, 9.17) is 4.98 Å². The monoisotopic (exact) mass is 654 g/mol. The van der Waals surface area contributed by atoms with Gasteiger partial charge in [0.25, 0.3) is 0 Å². The Hall–Kier alpha value is -6.03. The molecule has 1 aliphatic rings. The third-order valence-corrected chi connectivity index (χ3v) is 11.8. The lowest BCUT2D eigenvalue weighted by atomic mass is 9.91. The minimum atomic E-state index is 0.994. The van der Waals surface area contributed by atoms with Gasteiger partial charge in [-0.3, -0.25) is 4.98 Å². The van der Waals surface area contributed by atoms with E-state index in [-0.39, 0.29) is 0 Å². The fraction of sp³-hybridized carbons (Fsp3) is 0.0426. The SMILES string of the molecule is C1=Cc2c(c3ccccc3n2-c2ccc3sc4cnc(-c5cccc(-c6ccc7c8ccccc8c8ccccc8c7c6)c5)cc4c3c2)CC1. The highest BCUT2D eigenvalue weighted by Crippen LogP contribution is 2.41. The number of hydrogen-bond donors (Lipinski definition) is 0. The van der Waals surface area contributed by atoms with E-state index in [0.717, 1.165) is 24.1 Å². The normalized spacial score (nSPS) is 13.0. The highest BCUT2D eigenvalue weighted by molar-refractivity contribution is 7.25. The van der Waals surface area contributed by atoms with Gasteiger partial charge in [0.2, 0.25) is 0 Å². The highest BCUT2D eigenvalue weighted by atomic mass is 32.1. The number of para-hydroxylation sites is 1. The average Bonchev–Trinajstić information content (AvgIpc) is 3.73. The topological polar surface area (TPSA) is 17.8 Å². The van der Waals surface area contributed by atoms with E-state index < -0.39 is 0 Å². The van der Waals surface area contributed by atoms with Crippen LogP contribution in [0.2, 0.25) is 0 Å². The van der Waals surface area contributed by atoms with Gasteiger partial charge in [0, 0.05) is 44.0 Å². The molecule has 0 N–H and O–H groups in total. The number of allylic oxidation sites excluding steroid dienone is 1. The van der Waals surface area contributed by atoms with Crippen molar-refractivity contribution in [2.75, 3.05) is 0 Å². The second-order valence-electron chi connectivity index (χ2n) is 13.4. The number of hydrogen-bond acceptors (Lipinski definition) is 2. The fourth-order valence-electron chi connectivity index (χ4n) is 8.38. The van der Waals surface area contributed by atoms with E-state index in [1.165, 1.54) is 91.5 Å². The predicted molar refractivity (Wildman–Crippen MR) is 215 cm³/mol. The van der Waals surface area contributed by atoms with Crippen molar-refractivity contribution in [3.05, 3.63) is 163 Å². The second-order valence-corrected chi connectivity index (χ2v) is 14.5. The summed E-state index contributed by atoms with van der Waals surface area (Å²) < 4.78 is 4.95. The largest absolute Gasteiger partial charge is 0.310 e. The van der Waals surface area contributed by atoms with Crippen molar-refractivity contribution in [1.29, 1.82) is 0 Å². The van der Waals surface area contributed by atoms with Crippen molar-refractivity contribution in [2.24, 2.45) is 0 Å². The zero-order valence-corrected chi connectivity index (χ0v) is 28.0. The van der Waals surface area contributed by atoms with E-state index in [9.17, 15) is 0 Å². The standard InChI is InChI=1S/C47H30N2S/c1-2-14-35-33(12-1)34-13-3-4-15-36(34)40-25-30(20-22-37(35)40)29-10-9-11-31(24-29)43-27-42-41-26-32(21-23-46(41)50-47(42)28-48-43)49-44-18-7-5-16-38(44)39-17-6-8-19-45(39)49/h1-5,7-16,18-28H,6,17H2. The van der Waals surface area contributed by atoms with Crippen LogP contribution in [0.3, 0.4) is 0 Å². The first-order valence-electron chi connectivity index (χ1n) is 17.3. The quantitative estimate of drug-likeness (QED) is 0.173. The van der Waals surface area contributed by atoms with Crippen LogP contribution in [0.5, 0.6) is 0 Å². The molecule has 0 atom stereocenters. The maximum Gasteiger partial charge on any atom is 0.0709 e. The molecule has 10 aromatic rings. The van der Waals surface area contributed by atoms with Crippen molar-refractivity contribution in [3.63, 3.8) is 0 Å². The third kappa shape index (κ3) is 4.11. The van der Waals surface area contributed by atoms with Crippen LogP contribution in [-0.4, -0.2) is 9.55 Å². The van der Waals surface area contributed by atoms with E-state index in [1.54, 1.807) is 0 Å². The number of pyridine rings is 1. The van der Waals surface area contributed by atoms with Crippen LogP contribution in [0.4, 0.5) is 0 Å². The summed E-state index contributed by atoms with van der Waals surface area (Å²) >= 11 is 1.82. The minimum Gasteiger partial charge on any atom is -0.310 e. The van der Waals surface area contributed by atoms with Crippen molar-refractivity contribution in [2.45, 2.75) is 12.8 Å². The molecular formula is C47H30N2S. The molecule has 3 aromatic heterocycles. The Morgan fingerprint density at radius 1 is 0.500 bits per heavy atom. The van der Waals surface area contributed by atoms with Crippen LogP contribution in [-0.2, 0) is 6.42 Å². The Morgan fingerprint density at radius 2 is 1.18 bits per heavy atom. The van der Waals surface area contributed by atoms with Crippen molar-refractivity contribution < 1.29 is 0 Å². The zero-order chi connectivity index (χ0) is 32.8. The molecule has 11 rings (SSSR count). The number of rotatable bonds is 3. The third-order valence-electron chi connectivity index (χ3n) is 10.7. The number of fused-ring (bicyclic) bond motifs is 12. The first kappa shape index (κ1) is 27.9. The minimum absolute atomic E-state index is 0.994. The molecule has 50 heavy (non-hydrogen) atoms. The number of nitrogens with zero attached hydrogens (tertiary/aromatic N) is 2. The van der Waals surface area contributed by atoms with E-state index in [0.29, 0.717) is 0 Å². The molecule has 234 valence electrons. The number of benzene rings is 7. The molecule has 0 radical (unpaired) electrons. The first-order valence-corrected chi connectivity index (χ1v) is 18.2. The maximum absolute atomic E-state index is 5.00. The summed E-state index contributed by atoms with van der Waals surface area (Å²) in [5.41, 5.74) is 9.77. The summed E-state index contributed by atoms with van der Waals surface area (Å²) in [6.07, 6.45) is 8.86. The first-order chi connectivity index (χ1) is 24.8. The summed E-state index contributed by atoms with van der Waals surface area (Å²) in [5.74, 6) is 0. The number of thiophene rings is 1. The molecular weight excluding hydrogens is 625 g/mol. The Morgan fingerprint density at radius 3 is 2.00 bits per heavy atom. The Balaban J connectivity index is 1.04. The molecule has 0 saturated heterocycles. The molecule has 3 heteroatoms. The van der Waals surface area contributed by atoms with Crippen LogP contribution < -0.4 is 0 Å². The van der Waals surface area contributed by atoms with Gasteiger partial charge in [0.1, 0.15) is 0 Å². The molecule has 0 aliphatic heterocycles. The van der Waals surface area contributed by atoms with Gasteiger partial charge in [0.05, 0.1) is 15.9 Å². The Bertz CT molecular complexity index is 3010. The lowest BCUT2D eigenvalue weighted by Gasteiger charge is -2.12. The Labute approximate surface area is 293 Å². The van der Waals surface area contributed by atoms with Gasteiger partial charge in [-0.1, -0.05) is 103 Å². The molecule has 0 unspecified atom stereocenters. The van der Waals surface area contributed by atoms with Crippen molar-refractivity contribution in [1.82, 2.24) is 9.55 Å². The second kappa shape index (κ2) is 10.7. The molecule has 0 bridgehead atoms. The molecule has 1 aliphatic carbocycles. The summed E-state index contributed by atoms with van der Waals surface area (Å²) in [5, 5.41) is 11.7. The van der Waals surface area contributed by atoms with E-state index >= 15 is 0 Å². The molecule has 0 amide bonds. The molecule has 0 saturated carbocycles. The summed E-state index contributed by atoms with van der Waals surface area (Å²) in [7, 11) is 0. The van der Waals surface area contributed by atoms with E-state index in [2.05, 4.69) is 162 Å². The number of aromatic nitrogens is 2. The summed E-state index contributed by atoms with van der Waals surface area (Å²) in [6, 6.07) is 51.4. The summed E-state index contributed by atoms with van der Waals surface area (Å²) in [6.45, 7) is 0. The molecule has 3 heterocycles. The van der Waals surface area contributed by atoms with Crippen molar-refractivity contribution >= 4 is 80.8 Å². The Kier molecular flexibility index (Phi) is 5.98. The van der Waals surface area contributed by atoms with Gasteiger partial charge >= 0.3 is 0 Å². The summed E-state index contributed by atoms with van der Waals surface area (Å²) in [4.78, 5) is 5.00. The predicted octanol–water partition coefficient (Wildman–Crippen LogP) is 13.1. The van der Waals surface area contributed by atoms with Gasteiger partial charge < -0.3 is 4.57 Å². The van der Waals surface area contributed by atoms with Crippen LogP contribution in [0.15, 0.2) is 152 Å². The zero-order valence-electron chi connectivity index (χ0n) is 27.2. The number of aryl methyl sites for hydroxylation is 1. The van der Waals surface area contributed by atoms with Crippen LogP contribution in [0, 0.1) is 0 Å². The van der Waals surface area contributed by atoms with Crippen LogP contribution in [0.1, 0.15) is 17.7 Å². The average molecular weight is 655 g/mol. The molecule has 0 spiro atoms. The molecule has 0 fully saturated rings. The fourth-order valence-corrected chi connectivity index (χ4v) is 9.41. The van der Waals surface area contributed by atoms with Crippen molar-refractivity contribution in [3.8, 4) is 28.1 Å². The van der Waals surface area contributed by atoms with Gasteiger partial charge in [-0.2, -0.15) is 0 Å². The van der Waals surface area contributed by atoms with Crippen LogP contribution in [0.25, 0.3) is 97.5 Å². The van der Waals surface area contributed by atoms with Gasteiger partial charge in [-0.15, -0.1) is 11.3 Å². The highest BCUT2D eigenvalue weighted by Gasteiger charge is 2.19. The van der Waals surface area contributed by atoms with Gasteiger partial charge in [-0.05, 0) is 110 Å². The maximum atomic E-state index is 5.00. The lowest BCUT2D eigenvalue weighted by molar-refractivity contribution is 0.968.